The van der Waals surface area contributed by atoms with Crippen molar-refractivity contribution in [3.63, 3.8) is 0 Å². The standard InChI is InChI=1S/C26H27ClN2O3S/c1-17-7-3-6-10-24(17)29-33(31,32)25-16-22(13-14-23(25)27)26(30)28-18(2)20-12-11-19-8-4-5-9-21(19)15-20/h3,6-7,10-16,18,29H,4-5,8-9H2,1-2H3,(H,28,30)/t18-/m1/s1. The highest BCUT2D eigenvalue weighted by Gasteiger charge is 2.22. The van der Waals surface area contributed by atoms with E-state index in [0.717, 1.165) is 24.0 Å². The third kappa shape index (κ3) is 5.23. The van der Waals surface area contributed by atoms with Crippen molar-refractivity contribution in [2.24, 2.45) is 0 Å². The fourth-order valence-corrected chi connectivity index (χ4v) is 5.78. The molecule has 0 saturated carbocycles. The van der Waals surface area contributed by atoms with Crippen LogP contribution in [0.4, 0.5) is 5.69 Å². The van der Waals surface area contributed by atoms with Gasteiger partial charge in [0.15, 0.2) is 0 Å². The van der Waals surface area contributed by atoms with E-state index in [4.69, 9.17) is 11.6 Å². The molecule has 1 atom stereocenters. The third-order valence-electron chi connectivity index (χ3n) is 6.09. The molecule has 33 heavy (non-hydrogen) atoms. The molecule has 1 amide bonds. The highest BCUT2D eigenvalue weighted by molar-refractivity contribution is 7.92. The normalized spacial score (nSPS) is 14.3. The van der Waals surface area contributed by atoms with E-state index >= 15 is 0 Å². The zero-order chi connectivity index (χ0) is 23.6. The number of rotatable bonds is 6. The van der Waals surface area contributed by atoms with Crippen molar-refractivity contribution >= 4 is 33.2 Å². The van der Waals surface area contributed by atoms with Crippen LogP contribution in [0.3, 0.4) is 0 Å². The van der Waals surface area contributed by atoms with Crippen molar-refractivity contribution in [1.82, 2.24) is 5.32 Å². The maximum absolute atomic E-state index is 13.0. The van der Waals surface area contributed by atoms with Crippen molar-refractivity contribution in [1.29, 1.82) is 0 Å². The first-order chi connectivity index (χ1) is 15.7. The monoisotopic (exact) mass is 482 g/mol. The first kappa shape index (κ1) is 23.3. The summed E-state index contributed by atoms with van der Waals surface area (Å²) in [5.41, 5.74) is 5.25. The van der Waals surface area contributed by atoms with Gasteiger partial charge in [0.2, 0.25) is 0 Å². The molecule has 4 rings (SSSR count). The Morgan fingerprint density at radius 1 is 0.970 bits per heavy atom. The Hall–Kier alpha value is -2.83. The molecule has 172 valence electrons. The number of aryl methyl sites for hydroxylation is 3. The molecule has 1 aliphatic carbocycles. The quantitative estimate of drug-likeness (QED) is 0.465. The first-order valence-electron chi connectivity index (χ1n) is 11.0. The number of anilines is 1. The lowest BCUT2D eigenvalue weighted by atomic mass is 9.89. The molecule has 0 spiro atoms. The summed E-state index contributed by atoms with van der Waals surface area (Å²) in [6.07, 6.45) is 4.58. The predicted molar refractivity (Wildman–Crippen MR) is 132 cm³/mol. The van der Waals surface area contributed by atoms with E-state index in [9.17, 15) is 13.2 Å². The SMILES string of the molecule is Cc1ccccc1NS(=O)(=O)c1cc(C(=O)N[C@H](C)c2ccc3c(c2)CCCC3)ccc1Cl. The molecule has 1 aliphatic rings. The van der Waals surface area contributed by atoms with Crippen LogP contribution in [0, 0.1) is 6.92 Å². The molecule has 0 bridgehead atoms. The molecule has 5 nitrogen and oxygen atoms in total. The minimum atomic E-state index is -3.98. The van der Waals surface area contributed by atoms with Gasteiger partial charge in [0.05, 0.1) is 16.8 Å². The van der Waals surface area contributed by atoms with Gasteiger partial charge in [-0.05, 0) is 86.1 Å². The average Bonchev–Trinajstić information content (AvgIpc) is 2.80. The number of amides is 1. The Labute approximate surface area is 200 Å². The number of sulfonamides is 1. The zero-order valence-electron chi connectivity index (χ0n) is 18.7. The number of carbonyl (C=O) groups excluding carboxylic acids is 1. The molecule has 3 aromatic carbocycles. The number of hydrogen-bond acceptors (Lipinski definition) is 3. The molecule has 0 aromatic heterocycles. The topological polar surface area (TPSA) is 75.3 Å². The predicted octanol–water partition coefficient (Wildman–Crippen LogP) is 5.82. The number of halogens is 1. The van der Waals surface area contributed by atoms with Crippen molar-refractivity contribution in [2.75, 3.05) is 4.72 Å². The van der Waals surface area contributed by atoms with Gasteiger partial charge in [-0.2, -0.15) is 0 Å². The van der Waals surface area contributed by atoms with Gasteiger partial charge in [0, 0.05) is 5.56 Å². The summed E-state index contributed by atoms with van der Waals surface area (Å²) in [4.78, 5) is 12.8. The van der Waals surface area contributed by atoms with Gasteiger partial charge in [-0.25, -0.2) is 8.42 Å². The molecular weight excluding hydrogens is 456 g/mol. The molecule has 0 unspecified atom stereocenters. The molecule has 7 heteroatoms. The number of para-hydroxylation sites is 1. The van der Waals surface area contributed by atoms with Crippen molar-refractivity contribution in [3.05, 3.63) is 93.5 Å². The van der Waals surface area contributed by atoms with Crippen LogP contribution in [-0.2, 0) is 22.9 Å². The van der Waals surface area contributed by atoms with E-state index in [1.807, 2.05) is 26.0 Å². The molecule has 3 aromatic rings. The van der Waals surface area contributed by atoms with Gasteiger partial charge in [-0.1, -0.05) is 48.0 Å². The maximum atomic E-state index is 13.0. The Balaban J connectivity index is 1.54. The Kier molecular flexibility index (Phi) is 6.77. The second kappa shape index (κ2) is 9.57. The molecule has 2 N–H and O–H groups in total. The van der Waals surface area contributed by atoms with Crippen LogP contribution in [-0.4, -0.2) is 14.3 Å². The lowest BCUT2D eigenvalue weighted by Gasteiger charge is -2.20. The fraction of sp³-hybridized carbons (Fsp3) is 0.269. The van der Waals surface area contributed by atoms with Crippen LogP contribution in [0.2, 0.25) is 5.02 Å². The minimum Gasteiger partial charge on any atom is -0.346 e. The first-order valence-corrected chi connectivity index (χ1v) is 12.9. The van der Waals surface area contributed by atoms with E-state index < -0.39 is 10.0 Å². The molecule has 0 fully saturated rings. The van der Waals surface area contributed by atoms with E-state index in [1.165, 1.54) is 42.2 Å². The zero-order valence-corrected chi connectivity index (χ0v) is 20.3. The minimum absolute atomic E-state index is 0.0513. The van der Waals surface area contributed by atoms with Crippen LogP contribution in [0.25, 0.3) is 0 Å². The van der Waals surface area contributed by atoms with E-state index in [1.54, 1.807) is 12.1 Å². The van der Waals surface area contributed by atoms with Crippen molar-refractivity contribution in [2.45, 2.75) is 50.5 Å². The van der Waals surface area contributed by atoms with Crippen LogP contribution in [0.15, 0.2) is 65.6 Å². The maximum Gasteiger partial charge on any atom is 0.263 e. The highest BCUT2D eigenvalue weighted by Crippen LogP contribution is 2.28. The lowest BCUT2D eigenvalue weighted by molar-refractivity contribution is 0.0939. The Morgan fingerprint density at radius 2 is 1.70 bits per heavy atom. The number of nitrogens with one attached hydrogen (secondary N) is 2. The summed E-state index contributed by atoms with van der Waals surface area (Å²) in [7, 11) is -3.98. The summed E-state index contributed by atoms with van der Waals surface area (Å²) in [5.74, 6) is -0.357. The van der Waals surface area contributed by atoms with Gasteiger partial charge in [0.1, 0.15) is 4.90 Å². The fourth-order valence-electron chi connectivity index (χ4n) is 4.12. The number of carbonyl (C=O) groups is 1. The molecule has 0 radical (unpaired) electrons. The van der Waals surface area contributed by atoms with Gasteiger partial charge in [-0.15, -0.1) is 0 Å². The average molecular weight is 483 g/mol. The number of benzene rings is 3. The van der Waals surface area contributed by atoms with E-state index in [-0.39, 0.29) is 27.4 Å². The second-order valence-electron chi connectivity index (χ2n) is 8.50. The van der Waals surface area contributed by atoms with Gasteiger partial charge < -0.3 is 5.32 Å². The van der Waals surface area contributed by atoms with Gasteiger partial charge in [0.25, 0.3) is 15.9 Å². The van der Waals surface area contributed by atoms with Crippen molar-refractivity contribution in [3.8, 4) is 0 Å². The van der Waals surface area contributed by atoms with Crippen LogP contribution in [0.1, 0.15) is 58.4 Å². The molecule has 0 aliphatic heterocycles. The summed E-state index contributed by atoms with van der Waals surface area (Å²) in [6, 6.07) is 17.5. The Morgan fingerprint density at radius 3 is 2.45 bits per heavy atom. The van der Waals surface area contributed by atoms with Crippen molar-refractivity contribution < 1.29 is 13.2 Å². The lowest BCUT2D eigenvalue weighted by Crippen LogP contribution is -2.27. The summed E-state index contributed by atoms with van der Waals surface area (Å²) in [5, 5.41) is 3.03. The summed E-state index contributed by atoms with van der Waals surface area (Å²) >= 11 is 6.21. The van der Waals surface area contributed by atoms with E-state index in [2.05, 4.69) is 28.2 Å². The molecule has 0 saturated heterocycles. The van der Waals surface area contributed by atoms with E-state index in [0.29, 0.717) is 5.69 Å². The largest absolute Gasteiger partial charge is 0.346 e. The smallest absolute Gasteiger partial charge is 0.263 e. The highest BCUT2D eigenvalue weighted by atomic mass is 35.5. The second-order valence-corrected chi connectivity index (χ2v) is 10.6. The summed E-state index contributed by atoms with van der Waals surface area (Å²) in [6.45, 7) is 3.74. The number of fused-ring (bicyclic) bond motifs is 1. The van der Waals surface area contributed by atoms with Crippen LogP contribution in [0.5, 0.6) is 0 Å². The van der Waals surface area contributed by atoms with Gasteiger partial charge in [-0.3, -0.25) is 9.52 Å². The molecule has 0 heterocycles. The summed E-state index contributed by atoms with van der Waals surface area (Å²) < 4.78 is 28.6. The van der Waals surface area contributed by atoms with Gasteiger partial charge >= 0.3 is 0 Å². The third-order valence-corrected chi connectivity index (χ3v) is 7.94. The molecular formula is C26H27ClN2O3S. The van der Waals surface area contributed by atoms with Crippen LogP contribution >= 0.6 is 11.6 Å². The number of hydrogen-bond donors (Lipinski definition) is 2. The Bertz CT molecular complexity index is 1300. The van der Waals surface area contributed by atoms with Crippen LogP contribution < -0.4 is 10.0 Å².